The number of hydrogen-bond donors (Lipinski definition) is 0. The zero-order valence-electron chi connectivity index (χ0n) is 21.6. The Bertz CT molecular complexity index is 1910. The fraction of sp³-hybridized carbons (Fsp3) is 0.0833. The van der Waals surface area contributed by atoms with Crippen LogP contribution in [0.25, 0.3) is 50.0 Å². The van der Waals surface area contributed by atoms with Gasteiger partial charge in [-0.3, -0.25) is 0 Å². The van der Waals surface area contributed by atoms with Crippen molar-refractivity contribution in [1.82, 2.24) is 9.55 Å². The van der Waals surface area contributed by atoms with Crippen molar-refractivity contribution in [2.24, 2.45) is 0 Å². The van der Waals surface area contributed by atoms with Crippen LogP contribution in [0.4, 0.5) is 0 Å². The molecule has 3 heteroatoms. The molecule has 0 amide bonds. The lowest BCUT2D eigenvalue weighted by atomic mass is 9.76. The zero-order chi connectivity index (χ0) is 26.0. The molecule has 0 bridgehead atoms. The lowest BCUT2D eigenvalue weighted by Gasteiger charge is -2.25. The van der Waals surface area contributed by atoms with Crippen LogP contribution in [0.2, 0.25) is 0 Å². The molecule has 39 heavy (non-hydrogen) atoms. The molecule has 0 N–H and O–H groups in total. The molecule has 186 valence electrons. The Labute approximate surface area is 227 Å². The third-order valence-electron chi connectivity index (χ3n) is 8.25. The highest BCUT2D eigenvalue weighted by atomic mass is 16.5. The first kappa shape index (κ1) is 22.1. The molecule has 0 radical (unpaired) electrons. The molecular formula is C36H26N2O. The summed E-state index contributed by atoms with van der Waals surface area (Å²) >= 11 is 0. The van der Waals surface area contributed by atoms with E-state index in [0.717, 1.165) is 51.6 Å². The highest BCUT2D eigenvalue weighted by Crippen LogP contribution is 2.51. The van der Waals surface area contributed by atoms with Crippen LogP contribution in [0.5, 0.6) is 5.75 Å². The van der Waals surface area contributed by atoms with Gasteiger partial charge < -0.3 is 9.30 Å². The summed E-state index contributed by atoms with van der Waals surface area (Å²) < 4.78 is 8.85. The maximum Gasteiger partial charge on any atom is 0.133 e. The van der Waals surface area contributed by atoms with E-state index >= 15 is 0 Å². The lowest BCUT2D eigenvalue weighted by molar-refractivity contribution is 0.377. The minimum Gasteiger partial charge on any atom is -0.460 e. The molecule has 0 fully saturated rings. The van der Waals surface area contributed by atoms with Gasteiger partial charge in [-0.05, 0) is 43.7 Å². The number of hydrogen-bond acceptors (Lipinski definition) is 2. The maximum atomic E-state index is 6.48. The molecule has 1 aliphatic heterocycles. The number of benzene rings is 4. The fourth-order valence-electron chi connectivity index (χ4n) is 6.20. The number of rotatable bonds is 3. The second-order valence-electron chi connectivity index (χ2n) is 10.6. The summed E-state index contributed by atoms with van der Waals surface area (Å²) in [6, 6.07) is 38.5. The van der Waals surface area contributed by atoms with Gasteiger partial charge in [-0.2, -0.15) is 0 Å². The Kier molecular flexibility index (Phi) is 4.71. The van der Waals surface area contributed by atoms with Crippen LogP contribution in [0.3, 0.4) is 0 Å². The number of ether oxygens (including phenoxy) is 1. The standard InChI is InChI=1S/C36H26N2O/c1-36-19-11-10-18-35(36)39-34-23-33-28(22-29(34)36)27-16-8-9-17-32(27)38(33)26-20-30(24-12-4-2-5-13-24)37-31(21-26)25-14-6-3-7-15-25/h2-18,20-23H,19H2,1H3. The summed E-state index contributed by atoms with van der Waals surface area (Å²) in [5.41, 5.74) is 8.61. The first-order valence-electron chi connectivity index (χ1n) is 13.5. The van der Waals surface area contributed by atoms with Crippen LogP contribution in [0.15, 0.2) is 133 Å². The monoisotopic (exact) mass is 502 g/mol. The maximum absolute atomic E-state index is 6.48. The van der Waals surface area contributed by atoms with Crippen LogP contribution in [-0.2, 0) is 5.41 Å². The number of para-hydroxylation sites is 1. The molecule has 2 aliphatic rings. The summed E-state index contributed by atoms with van der Waals surface area (Å²) in [6.07, 6.45) is 7.40. The Morgan fingerprint density at radius 3 is 2.10 bits per heavy atom. The van der Waals surface area contributed by atoms with Crippen molar-refractivity contribution in [2.45, 2.75) is 18.8 Å². The van der Waals surface area contributed by atoms with Gasteiger partial charge in [0.25, 0.3) is 0 Å². The molecule has 6 aromatic rings. The van der Waals surface area contributed by atoms with Crippen molar-refractivity contribution in [2.75, 3.05) is 0 Å². The average molecular weight is 503 g/mol. The van der Waals surface area contributed by atoms with Gasteiger partial charge in [0.2, 0.25) is 0 Å². The van der Waals surface area contributed by atoms with Gasteiger partial charge in [0.1, 0.15) is 11.5 Å². The summed E-state index contributed by atoms with van der Waals surface area (Å²) in [7, 11) is 0. The minimum atomic E-state index is -0.126. The van der Waals surface area contributed by atoms with Gasteiger partial charge in [0.05, 0.1) is 33.5 Å². The van der Waals surface area contributed by atoms with Crippen molar-refractivity contribution in [3.8, 4) is 34.0 Å². The van der Waals surface area contributed by atoms with Crippen molar-refractivity contribution < 1.29 is 4.74 Å². The topological polar surface area (TPSA) is 27.1 Å². The smallest absolute Gasteiger partial charge is 0.133 e. The Morgan fingerprint density at radius 1 is 0.718 bits per heavy atom. The Morgan fingerprint density at radius 2 is 1.38 bits per heavy atom. The third kappa shape index (κ3) is 3.33. The van der Waals surface area contributed by atoms with Crippen molar-refractivity contribution >= 4 is 21.8 Å². The molecule has 1 aliphatic carbocycles. The summed E-state index contributed by atoms with van der Waals surface area (Å²) in [5.74, 6) is 1.98. The van der Waals surface area contributed by atoms with E-state index in [4.69, 9.17) is 9.72 Å². The molecule has 4 aromatic carbocycles. The molecule has 2 aromatic heterocycles. The van der Waals surface area contributed by atoms with Gasteiger partial charge in [0.15, 0.2) is 0 Å². The highest BCUT2D eigenvalue weighted by Gasteiger charge is 2.42. The van der Waals surface area contributed by atoms with Crippen LogP contribution >= 0.6 is 0 Å². The lowest BCUT2D eigenvalue weighted by Crippen LogP contribution is -2.22. The molecule has 3 nitrogen and oxygen atoms in total. The SMILES string of the molecule is CC12CC=CC=C1Oc1cc3c(cc12)c1ccccc1n3-c1cc(-c2ccccc2)nc(-c2ccccc2)c1. The number of pyridine rings is 1. The number of fused-ring (bicyclic) bond motifs is 6. The van der Waals surface area contributed by atoms with Crippen molar-refractivity contribution in [1.29, 1.82) is 0 Å². The molecule has 0 saturated carbocycles. The summed E-state index contributed by atoms with van der Waals surface area (Å²) in [6.45, 7) is 2.29. The van der Waals surface area contributed by atoms with Crippen molar-refractivity contribution in [3.05, 3.63) is 139 Å². The van der Waals surface area contributed by atoms with Gasteiger partial charge in [0, 0.05) is 33.5 Å². The van der Waals surface area contributed by atoms with E-state index in [1.54, 1.807) is 0 Å². The van der Waals surface area contributed by atoms with E-state index in [0.29, 0.717) is 0 Å². The van der Waals surface area contributed by atoms with E-state index in [1.807, 2.05) is 12.1 Å². The van der Waals surface area contributed by atoms with Gasteiger partial charge >= 0.3 is 0 Å². The zero-order valence-corrected chi connectivity index (χ0v) is 21.6. The van der Waals surface area contributed by atoms with E-state index in [-0.39, 0.29) is 5.41 Å². The predicted octanol–water partition coefficient (Wildman–Crippen LogP) is 9.01. The third-order valence-corrected chi connectivity index (χ3v) is 8.25. The second-order valence-corrected chi connectivity index (χ2v) is 10.6. The molecule has 1 atom stereocenters. The first-order chi connectivity index (χ1) is 19.2. The molecule has 0 saturated heterocycles. The highest BCUT2D eigenvalue weighted by molar-refractivity contribution is 6.10. The van der Waals surface area contributed by atoms with E-state index in [2.05, 4.69) is 127 Å². The Balaban J connectivity index is 1.43. The number of allylic oxidation sites excluding steroid dienone is 4. The first-order valence-corrected chi connectivity index (χ1v) is 13.5. The normalized spacial score (nSPS) is 17.6. The van der Waals surface area contributed by atoms with Gasteiger partial charge in [-0.15, -0.1) is 0 Å². The van der Waals surface area contributed by atoms with Gasteiger partial charge in [-0.25, -0.2) is 4.98 Å². The molecule has 1 unspecified atom stereocenters. The van der Waals surface area contributed by atoms with Crippen LogP contribution in [0.1, 0.15) is 18.9 Å². The quantitative estimate of drug-likeness (QED) is 0.241. The number of nitrogens with zero attached hydrogens (tertiary/aromatic N) is 2. The van der Waals surface area contributed by atoms with E-state index in [9.17, 15) is 0 Å². The van der Waals surface area contributed by atoms with Crippen LogP contribution < -0.4 is 4.74 Å². The molecule has 3 heterocycles. The van der Waals surface area contributed by atoms with Crippen molar-refractivity contribution in [3.63, 3.8) is 0 Å². The summed E-state index contributed by atoms with van der Waals surface area (Å²) in [4.78, 5) is 5.11. The molecule has 8 rings (SSSR count). The predicted molar refractivity (Wildman–Crippen MR) is 159 cm³/mol. The van der Waals surface area contributed by atoms with Crippen LogP contribution in [-0.4, -0.2) is 9.55 Å². The van der Waals surface area contributed by atoms with Crippen LogP contribution in [0, 0.1) is 0 Å². The minimum absolute atomic E-state index is 0.126. The number of aromatic nitrogens is 2. The summed E-state index contributed by atoms with van der Waals surface area (Å²) in [5, 5.41) is 2.48. The van der Waals surface area contributed by atoms with E-state index in [1.165, 1.54) is 21.9 Å². The average Bonchev–Trinajstić information content (AvgIpc) is 3.47. The molecule has 0 spiro atoms. The van der Waals surface area contributed by atoms with Gasteiger partial charge in [-0.1, -0.05) is 91.0 Å². The Hall–Kier alpha value is -4.89. The second kappa shape index (κ2) is 8.31. The fourth-order valence-corrected chi connectivity index (χ4v) is 6.20. The molecular weight excluding hydrogens is 476 g/mol. The van der Waals surface area contributed by atoms with E-state index < -0.39 is 0 Å². The largest absolute Gasteiger partial charge is 0.460 e.